The van der Waals surface area contributed by atoms with Gasteiger partial charge in [-0.05, 0) is 24.3 Å². The lowest BCUT2D eigenvalue weighted by Crippen LogP contribution is -2.30. The molecule has 0 unspecified atom stereocenters. The van der Waals surface area contributed by atoms with Gasteiger partial charge in [-0.2, -0.15) is 0 Å². The van der Waals surface area contributed by atoms with E-state index >= 15 is 0 Å². The maximum absolute atomic E-state index is 13.5. The van der Waals surface area contributed by atoms with E-state index in [0.29, 0.717) is 18.9 Å². The van der Waals surface area contributed by atoms with Gasteiger partial charge in [0.25, 0.3) is 11.8 Å². The highest BCUT2D eigenvalue weighted by atomic mass is 32.2. The van der Waals surface area contributed by atoms with Crippen molar-refractivity contribution in [1.82, 2.24) is 0 Å². The van der Waals surface area contributed by atoms with Crippen LogP contribution in [0, 0.1) is 0 Å². The summed E-state index contributed by atoms with van der Waals surface area (Å²) >= 11 is 1.57. The Labute approximate surface area is 227 Å². The zero-order valence-electron chi connectivity index (χ0n) is 20.5. The Kier molecular flexibility index (Phi) is 8.13. The molecule has 0 aromatic heterocycles. The number of nitrogens with two attached hydrogens (primary N) is 2. The van der Waals surface area contributed by atoms with Crippen LogP contribution in [0.15, 0.2) is 91.7 Å². The summed E-state index contributed by atoms with van der Waals surface area (Å²) in [4.78, 5) is 54.5. The molecule has 0 radical (unpaired) electrons. The summed E-state index contributed by atoms with van der Waals surface area (Å²) in [6.45, 7) is 0.965. The number of primary amides is 2. The number of esters is 2. The molecule has 2 aromatic carbocycles. The van der Waals surface area contributed by atoms with Gasteiger partial charge in [-0.25, -0.2) is 9.59 Å². The van der Waals surface area contributed by atoms with Gasteiger partial charge in [0.2, 0.25) is 0 Å². The van der Waals surface area contributed by atoms with Gasteiger partial charge in [0.05, 0.1) is 33.8 Å². The van der Waals surface area contributed by atoms with Gasteiger partial charge in [0, 0.05) is 24.5 Å². The zero-order valence-corrected chi connectivity index (χ0v) is 22.1. The molecule has 1 fully saturated rings. The van der Waals surface area contributed by atoms with E-state index < -0.39 is 23.8 Å². The molecule has 2 amide bonds. The van der Waals surface area contributed by atoms with Crippen molar-refractivity contribution in [1.29, 1.82) is 0 Å². The van der Waals surface area contributed by atoms with E-state index in [1.807, 2.05) is 70.5 Å². The van der Waals surface area contributed by atoms with Gasteiger partial charge in [-0.15, -0.1) is 0 Å². The summed E-state index contributed by atoms with van der Waals surface area (Å²) in [6.07, 6.45) is 0. The first-order valence-corrected chi connectivity index (χ1v) is 12.9. The standard InChI is InChI=1S/C26H24N4O6S2/c1-35-24(33)17(18(25(34)36-2)26-37-19(21(27)31)20(38-26)22(28)32)23-29(15-9-5-3-6-10-15)13-14-30(23)16-11-7-4-8-12-16/h3-12H,13-14H2,1-2H3,(H2,27,31)(H2,28,32). The van der Waals surface area contributed by atoms with E-state index in [4.69, 9.17) is 20.9 Å². The molecule has 1 saturated heterocycles. The number of amides is 2. The first kappa shape index (κ1) is 26.9. The number of thioether (sulfide) groups is 2. The van der Waals surface area contributed by atoms with E-state index in [1.54, 1.807) is 0 Å². The number of hydrogen-bond donors (Lipinski definition) is 2. The minimum absolute atomic E-state index is 0.103. The van der Waals surface area contributed by atoms with Crippen LogP contribution in [0.2, 0.25) is 0 Å². The quantitative estimate of drug-likeness (QED) is 0.388. The Morgan fingerprint density at radius 2 is 1.08 bits per heavy atom. The number of benzene rings is 2. The van der Waals surface area contributed by atoms with Gasteiger partial charge < -0.3 is 30.7 Å². The van der Waals surface area contributed by atoms with Crippen LogP contribution in [0.3, 0.4) is 0 Å². The molecular formula is C26H24N4O6S2. The number of carbonyl (C=O) groups is 4. The van der Waals surface area contributed by atoms with Crippen molar-refractivity contribution in [3.8, 4) is 0 Å². The van der Waals surface area contributed by atoms with Gasteiger partial charge in [-0.1, -0.05) is 59.9 Å². The SMILES string of the molecule is COC(=O)C(=C1SC(C(N)=O)=C(C(N)=O)S1)C(C(=O)OC)=C1N(c2ccccc2)CCN1c1ccccc1. The lowest BCUT2D eigenvalue weighted by atomic mass is 10.1. The van der Waals surface area contributed by atoms with E-state index in [9.17, 15) is 19.2 Å². The highest BCUT2D eigenvalue weighted by Gasteiger charge is 2.41. The number of para-hydroxylation sites is 2. The van der Waals surface area contributed by atoms with E-state index in [0.717, 1.165) is 34.9 Å². The number of methoxy groups -OCH3 is 2. The Balaban J connectivity index is 2.04. The third-order valence-electron chi connectivity index (χ3n) is 5.69. The van der Waals surface area contributed by atoms with Gasteiger partial charge in [0.15, 0.2) is 0 Å². The van der Waals surface area contributed by atoms with Crippen LogP contribution < -0.4 is 21.3 Å². The van der Waals surface area contributed by atoms with Crippen LogP contribution in [0.1, 0.15) is 0 Å². The van der Waals surface area contributed by atoms with Crippen molar-refractivity contribution in [2.45, 2.75) is 0 Å². The molecular weight excluding hydrogens is 528 g/mol. The Morgan fingerprint density at radius 3 is 1.45 bits per heavy atom. The van der Waals surface area contributed by atoms with E-state index in [1.165, 1.54) is 14.2 Å². The monoisotopic (exact) mass is 552 g/mol. The molecule has 0 atom stereocenters. The minimum Gasteiger partial charge on any atom is -0.465 e. The average Bonchev–Trinajstić information content (AvgIpc) is 3.57. The number of nitrogens with zero attached hydrogens (tertiary/aromatic N) is 2. The molecule has 38 heavy (non-hydrogen) atoms. The molecule has 2 aromatic rings. The molecule has 2 aliphatic heterocycles. The van der Waals surface area contributed by atoms with Crippen LogP contribution in [-0.4, -0.2) is 51.1 Å². The van der Waals surface area contributed by atoms with Crippen LogP contribution in [0.5, 0.6) is 0 Å². The van der Waals surface area contributed by atoms with Crippen LogP contribution in [0.4, 0.5) is 11.4 Å². The second-order valence-electron chi connectivity index (χ2n) is 7.91. The molecule has 12 heteroatoms. The highest BCUT2D eigenvalue weighted by molar-refractivity contribution is 8.29. The first-order valence-electron chi connectivity index (χ1n) is 11.3. The van der Waals surface area contributed by atoms with Crippen molar-refractivity contribution >= 4 is 58.7 Å². The first-order chi connectivity index (χ1) is 18.3. The molecule has 0 saturated carbocycles. The number of anilines is 2. The molecule has 10 nitrogen and oxygen atoms in total. The lowest BCUT2D eigenvalue weighted by Gasteiger charge is -2.28. The van der Waals surface area contributed by atoms with Crippen molar-refractivity contribution in [3.05, 3.63) is 91.7 Å². The van der Waals surface area contributed by atoms with Crippen molar-refractivity contribution < 1.29 is 28.7 Å². The summed E-state index contributed by atoms with van der Waals surface area (Å²) < 4.78 is 10.4. The van der Waals surface area contributed by atoms with Crippen molar-refractivity contribution in [3.63, 3.8) is 0 Å². The Morgan fingerprint density at radius 1 is 0.684 bits per heavy atom. The molecule has 2 aliphatic rings. The van der Waals surface area contributed by atoms with Crippen LogP contribution in [-0.2, 0) is 28.7 Å². The molecule has 0 bridgehead atoms. The molecule has 4 rings (SSSR count). The third-order valence-corrected chi connectivity index (χ3v) is 8.32. The Hall–Kier alpha value is -4.16. The highest BCUT2D eigenvalue weighted by Crippen LogP contribution is 2.52. The predicted octanol–water partition coefficient (Wildman–Crippen LogP) is 2.44. The Bertz CT molecular complexity index is 1310. The second kappa shape index (κ2) is 11.5. The van der Waals surface area contributed by atoms with E-state index in [2.05, 4.69) is 0 Å². The lowest BCUT2D eigenvalue weighted by molar-refractivity contribution is -0.139. The number of rotatable bonds is 7. The summed E-state index contributed by atoms with van der Waals surface area (Å²) in [5.74, 6) is -3.08. The van der Waals surface area contributed by atoms with Crippen LogP contribution in [0.25, 0.3) is 0 Å². The maximum atomic E-state index is 13.5. The van der Waals surface area contributed by atoms with Gasteiger partial charge in [-0.3, -0.25) is 9.59 Å². The molecule has 0 spiro atoms. The van der Waals surface area contributed by atoms with Crippen LogP contribution >= 0.6 is 23.5 Å². The normalized spacial score (nSPS) is 15.0. The summed E-state index contributed by atoms with van der Waals surface area (Å²) in [5, 5.41) is 0. The summed E-state index contributed by atoms with van der Waals surface area (Å²) in [7, 11) is 2.37. The number of ether oxygens (including phenoxy) is 2. The molecule has 2 heterocycles. The fourth-order valence-electron chi connectivity index (χ4n) is 4.07. The molecule has 0 aliphatic carbocycles. The maximum Gasteiger partial charge on any atom is 0.342 e. The third kappa shape index (κ3) is 5.13. The van der Waals surface area contributed by atoms with E-state index in [-0.39, 0.29) is 25.2 Å². The zero-order chi connectivity index (χ0) is 27.4. The van der Waals surface area contributed by atoms with Crippen molar-refractivity contribution in [2.24, 2.45) is 11.5 Å². The van der Waals surface area contributed by atoms with Gasteiger partial charge >= 0.3 is 11.9 Å². The van der Waals surface area contributed by atoms with Crippen molar-refractivity contribution in [2.75, 3.05) is 37.1 Å². The topological polar surface area (TPSA) is 145 Å². The predicted molar refractivity (Wildman–Crippen MR) is 146 cm³/mol. The fourth-order valence-corrected chi connectivity index (χ4v) is 6.52. The summed E-state index contributed by atoms with van der Waals surface area (Å²) in [6, 6.07) is 18.7. The van der Waals surface area contributed by atoms with Gasteiger partial charge in [0.1, 0.15) is 11.4 Å². The average molecular weight is 553 g/mol. The largest absolute Gasteiger partial charge is 0.465 e. The molecule has 4 N–H and O–H groups in total. The molecule has 196 valence electrons. The number of hydrogen-bond acceptors (Lipinski definition) is 10. The smallest absolute Gasteiger partial charge is 0.342 e. The number of carbonyl (C=O) groups excluding carboxylic acids is 4. The second-order valence-corrected chi connectivity index (χ2v) is 10.2. The summed E-state index contributed by atoms with van der Waals surface area (Å²) in [5.41, 5.74) is 12.2. The minimum atomic E-state index is -0.888. The fraction of sp³-hybridized carbons (Fsp3) is 0.154.